The van der Waals surface area contributed by atoms with E-state index >= 15 is 0 Å². The van der Waals surface area contributed by atoms with E-state index < -0.39 is 0 Å². The van der Waals surface area contributed by atoms with Crippen LogP contribution in [0.15, 0.2) is 0 Å². The van der Waals surface area contributed by atoms with Crippen LogP contribution in [0.3, 0.4) is 0 Å². The van der Waals surface area contributed by atoms with Crippen molar-refractivity contribution in [2.75, 3.05) is 26.7 Å². The normalized spacial score (nSPS) is 13.2. The lowest BCUT2D eigenvalue weighted by Gasteiger charge is -2.27. The van der Waals surface area contributed by atoms with Gasteiger partial charge in [0.1, 0.15) is 5.78 Å². The molecule has 0 saturated heterocycles. The highest BCUT2D eigenvalue weighted by molar-refractivity contribution is 6.08. The lowest BCUT2D eigenvalue weighted by Crippen LogP contribution is -2.40. The van der Waals surface area contributed by atoms with Crippen LogP contribution >= 0.6 is 0 Å². The van der Waals surface area contributed by atoms with Crippen LogP contribution in [0.1, 0.15) is 13.8 Å². The quantitative estimate of drug-likeness (QED) is 0.565. The molecule has 0 aromatic heterocycles. The minimum absolute atomic E-state index is 0.191. The molecule has 0 spiro atoms. The summed E-state index contributed by atoms with van der Waals surface area (Å²) in [7, 11) is 7.45. The van der Waals surface area contributed by atoms with Crippen molar-refractivity contribution in [2.45, 2.75) is 26.2 Å². The van der Waals surface area contributed by atoms with Crippen LogP contribution < -0.4 is 5.32 Å². The first kappa shape index (κ1) is 12.7. The summed E-state index contributed by atoms with van der Waals surface area (Å²) in [6, 6.07) is 0.275. The average Bonchev–Trinajstić information content (AvgIpc) is 2.10. The highest BCUT2D eigenvalue weighted by Gasteiger charge is 2.12. The van der Waals surface area contributed by atoms with Gasteiger partial charge in [0.2, 0.25) is 0 Å². The zero-order valence-electron chi connectivity index (χ0n) is 8.84. The van der Waals surface area contributed by atoms with Gasteiger partial charge in [-0.05, 0) is 20.0 Å². The van der Waals surface area contributed by atoms with Crippen LogP contribution in [0, 0.1) is 0 Å². The molecule has 0 rings (SSSR count). The molecule has 3 nitrogen and oxygen atoms in total. The Morgan fingerprint density at radius 3 is 2.62 bits per heavy atom. The number of nitrogens with one attached hydrogen (secondary N) is 1. The van der Waals surface area contributed by atoms with Gasteiger partial charge < -0.3 is 5.32 Å². The van der Waals surface area contributed by atoms with Crippen molar-refractivity contribution in [2.24, 2.45) is 0 Å². The molecule has 4 heteroatoms. The zero-order valence-corrected chi connectivity index (χ0v) is 8.84. The van der Waals surface area contributed by atoms with Crippen LogP contribution in [0.4, 0.5) is 0 Å². The molecule has 1 N–H and O–H groups in total. The van der Waals surface area contributed by atoms with Crippen LogP contribution in [-0.2, 0) is 4.79 Å². The first-order valence-electron chi connectivity index (χ1n) is 4.70. The van der Waals surface area contributed by atoms with Gasteiger partial charge in [-0.1, -0.05) is 13.2 Å². The molecule has 0 aliphatic heterocycles. The summed E-state index contributed by atoms with van der Waals surface area (Å²) in [4.78, 5) is 13.0. The Morgan fingerprint density at radius 1 is 1.62 bits per heavy atom. The molecule has 0 bridgehead atoms. The molecule has 0 aromatic rings. The van der Waals surface area contributed by atoms with E-state index in [1.165, 1.54) is 0 Å². The first-order chi connectivity index (χ1) is 6.11. The number of nitrogens with zero attached hydrogens (tertiary/aromatic N) is 1. The number of rotatable bonds is 7. The Kier molecular flexibility index (Phi) is 6.91. The third kappa shape index (κ3) is 5.83. The van der Waals surface area contributed by atoms with E-state index in [0.29, 0.717) is 12.9 Å². The number of likely N-dealkylation sites (N-methyl/N-ethyl adjacent to an activating group) is 1. The molecule has 0 aliphatic carbocycles. The Labute approximate surface area is 82.3 Å². The Bertz CT molecular complexity index is 153. The van der Waals surface area contributed by atoms with Gasteiger partial charge in [-0.25, -0.2) is 0 Å². The predicted octanol–water partition coefficient (Wildman–Crippen LogP) is 0.0721. The van der Waals surface area contributed by atoms with E-state index in [9.17, 15) is 4.79 Å². The molecule has 0 saturated carbocycles. The second-order valence-electron chi connectivity index (χ2n) is 3.36. The molecule has 2 radical (unpaired) electrons. The summed E-state index contributed by atoms with van der Waals surface area (Å²) < 4.78 is 0. The van der Waals surface area contributed by atoms with Crippen LogP contribution in [-0.4, -0.2) is 51.3 Å². The molecule has 0 aliphatic rings. The Balaban J connectivity index is 3.94. The largest absolute Gasteiger partial charge is 0.318 e. The van der Waals surface area contributed by atoms with Gasteiger partial charge in [0, 0.05) is 13.1 Å². The third-order valence-electron chi connectivity index (χ3n) is 2.04. The number of carbonyl (C=O) groups is 1. The molecule has 0 amide bonds. The number of ketones is 1. The maximum absolute atomic E-state index is 10.9. The van der Waals surface area contributed by atoms with E-state index in [-0.39, 0.29) is 11.8 Å². The monoisotopic (exact) mass is 182 g/mol. The van der Waals surface area contributed by atoms with Gasteiger partial charge in [-0.15, -0.1) is 0 Å². The number of Topliss-reactive ketones (excluding diaryl/α,β-unsaturated/α-hetero) is 1. The Morgan fingerprint density at radius 2 is 2.23 bits per heavy atom. The fraction of sp³-hybridized carbons (Fsp3) is 0.889. The molecule has 0 fully saturated rings. The molecule has 0 aromatic carbocycles. The lowest BCUT2D eigenvalue weighted by atomic mass is 9.97. The summed E-state index contributed by atoms with van der Waals surface area (Å²) >= 11 is 0. The average molecular weight is 182 g/mol. The summed E-state index contributed by atoms with van der Waals surface area (Å²) in [5.74, 6) is 0.191. The number of carbonyl (C=O) groups excluding carboxylic acids is 1. The predicted molar refractivity (Wildman–Crippen MR) is 56.2 cm³/mol. The lowest BCUT2D eigenvalue weighted by molar-refractivity contribution is -0.118. The SMILES string of the molecule is [B]CC(C)N(CCNC)CC(C)=O. The van der Waals surface area contributed by atoms with E-state index in [1.807, 2.05) is 14.0 Å². The van der Waals surface area contributed by atoms with Crippen LogP contribution in [0.5, 0.6) is 0 Å². The van der Waals surface area contributed by atoms with Crippen molar-refractivity contribution in [1.29, 1.82) is 0 Å². The Hall–Kier alpha value is -0.345. The molecular formula is C9H19BN2O. The molecule has 1 atom stereocenters. The standard InChI is InChI=1S/C9H19BN2O/c1-8(6-10)12(5-4-11-3)7-9(2)13/h8,11H,4-7H2,1-3H3. The van der Waals surface area contributed by atoms with E-state index in [1.54, 1.807) is 6.92 Å². The molecule has 13 heavy (non-hydrogen) atoms. The maximum atomic E-state index is 10.9. The molecule has 74 valence electrons. The van der Waals surface area contributed by atoms with Crippen molar-refractivity contribution in [3.63, 3.8) is 0 Å². The summed E-state index contributed by atoms with van der Waals surface area (Å²) in [5.41, 5.74) is 0. The number of hydrogen-bond acceptors (Lipinski definition) is 3. The minimum Gasteiger partial charge on any atom is -0.318 e. The molecular weight excluding hydrogens is 163 g/mol. The first-order valence-corrected chi connectivity index (χ1v) is 4.70. The summed E-state index contributed by atoms with van der Waals surface area (Å²) in [6.45, 7) is 5.90. The van der Waals surface area contributed by atoms with Crippen molar-refractivity contribution >= 4 is 13.6 Å². The third-order valence-corrected chi connectivity index (χ3v) is 2.04. The van der Waals surface area contributed by atoms with Crippen molar-refractivity contribution in [1.82, 2.24) is 10.2 Å². The van der Waals surface area contributed by atoms with Gasteiger partial charge in [0.05, 0.1) is 14.4 Å². The highest BCUT2D eigenvalue weighted by atomic mass is 16.1. The minimum atomic E-state index is 0.191. The van der Waals surface area contributed by atoms with Gasteiger partial charge in [-0.3, -0.25) is 9.69 Å². The van der Waals surface area contributed by atoms with Gasteiger partial charge in [0.25, 0.3) is 0 Å². The van der Waals surface area contributed by atoms with E-state index in [4.69, 9.17) is 7.85 Å². The van der Waals surface area contributed by atoms with Gasteiger partial charge in [-0.2, -0.15) is 0 Å². The second kappa shape index (κ2) is 7.10. The summed E-state index contributed by atoms with van der Waals surface area (Å²) in [6.07, 6.45) is 0.594. The molecule has 0 heterocycles. The maximum Gasteiger partial charge on any atom is 0.143 e. The van der Waals surface area contributed by atoms with Gasteiger partial charge >= 0.3 is 0 Å². The van der Waals surface area contributed by atoms with Crippen molar-refractivity contribution in [3.05, 3.63) is 0 Å². The van der Waals surface area contributed by atoms with E-state index in [2.05, 4.69) is 10.2 Å². The van der Waals surface area contributed by atoms with Crippen molar-refractivity contribution < 1.29 is 4.79 Å². The topological polar surface area (TPSA) is 32.3 Å². The summed E-state index contributed by atoms with van der Waals surface area (Å²) in [5, 5.41) is 3.06. The number of hydrogen-bond donors (Lipinski definition) is 1. The van der Waals surface area contributed by atoms with E-state index in [0.717, 1.165) is 13.1 Å². The molecule has 1 unspecified atom stereocenters. The fourth-order valence-electron chi connectivity index (χ4n) is 1.15. The highest BCUT2D eigenvalue weighted by Crippen LogP contribution is 2.01. The van der Waals surface area contributed by atoms with Gasteiger partial charge in [0.15, 0.2) is 0 Å². The van der Waals surface area contributed by atoms with Crippen LogP contribution in [0.25, 0.3) is 0 Å². The van der Waals surface area contributed by atoms with Crippen LogP contribution in [0.2, 0.25) is 6.32 Å². The fourth-order valence-corrected chi connectivity index (χ4v) is 1.15. The van der Waals surface area contributed by atoms with Crippen molar-refractivity contribution in [3.8, 4) is 0 Å². The zero-order chi connectivity index (χ0) is 10.3. The second-order valence-corrected chi connectivity index (χ2v) is 3.36. The smallest absolute Gasteiger partial charge is 0.143 e.